The zero-order valence-electron chi connectivity index (χ0n) is 40.4. The third-order valence-electron chi connectivity index (χ3n) is 15.7. The fraction of sp³-hybridized carbons (Fsp3) is 0.136. The van der Waals surface area contributed by atoms with Crippen LogP contribution < -0.4 is 4.90 Å². The van der Waals surface area contributed by atoms with Crippen LogP contribution in [-0.2, 0) is 5.41 Å². The van der Waals surface area contributed by atoms with Crippen LogP contribution in [-0.4, -0.2) is 30.1 Å². The van der Waals surface area contributed by atoms with Crippen molar-refractivity contribution in [3.8, 4) is 39.9 Å². The SMILES string of the molecule is CC1(C)c2ccc3c4ccccc4n(C4C=C(c5ccccc5)C=CC4)c3c2N(C2=CCCC=C2)C2C=Cc3c(n(-c4cccc(-c5nc(-c6ccccc6)nc(-c6ccccc6)n5)c4)c4ccccc34)C21. The van der Waals surface area contributed by atoms with Crippen molar-refractivity contribution in [3.63, 3.8) is 0 Å². The quantitative estimate of drug-likeness (QED) is 0.160. The van der Waals surface area contributed by atoms with Crippen LogP contribution in [0.5, 0.6) is 0 Å². The molecule has 0 radical (unpaired) electrons. The fourth-order valence-corrected chi connectivity index (χ4v) is 12.5. The molecule has 6 heteroatoms. The van der Waals surface area contributed by atoms with Gasteiger partial charge in [0.1, 0.15) is 0 Å². The van der Waals surface area contributed by atoms with E-state index in [1.807, 2.05) is 36.4 Å². The first-order chi connectivity index (χ1) is 35.5. The van der Waals surface area contributed by atoms with E-state index in [0.29, 0.717) is 17.5 Å². The minimum atomic E-state index is -0.324. The van der Waals surface area contributed by atoms with Crippen LogP contribution >= 0.6 is 0 Å². The standard InChI is InChI=1S/C66H52N6/c1-66(2)55-39-37-54-52-34-16-18-36-57(52)72(49-31-19-27-46(41-49)43-21-7-3-8-22-43)61(54)62(55)70(48-29-13-6-14-30-48)58-40-38-53-51-33-15-17-35-56(51)71(60(53)59(58)66)50-32-20-28-47(42-50)65-68-63(44-23-9-4-10-24-44)67-64(69-65)45-25-11-5-12-26-45/h3-5,7-13,15-30,32-42,49,58-59H,6,14,31H2,1-2H3. The number of rotatable bonds is 7. The fourth-order valence-electron chi connectivity index (χ4n) is 12.5. The zero-order valence-corrected chi connectivity index (χ0v) is 40.4. The summed E-state index contributed by atoms with van der Waals surface area (Å²) in [7, 11) is 0. The van der Waals surface area contributed by atoms with E-state index < -0.39 is 0 Å². The highest BCUT2D eigenvalue weighted by Gasteiger charge is 2.51. The lowest BCUT2D eigenvalue weighted by Crippen LogP contribution is -2.51. The molecule has 1 aliphatic heterocycles. The van der Waals surface area contributed by atoms with Crippen LogP contribution in [0.15, 0.2) is 224 Å². The van der Waals surface area contributed by atoms with Gasteiger partial charge in [-0.05, 0) is 66.3 Å². The molecule has 0 bridgehead atoms. The number of hydrogen-bond acceptors (Lipinski definition) is 4. The van der Waals surface area contributed by atoms with Gasteiger partial charge in [0.25, 0.3) is 0 Å². The molecule has 0 spiro atoms. The molecule has 6 nitrogen and oxygen atoms in total. The van der Waals surface area contributed by atoms with Crippen molar-refractivity contribution < 1.29 is 0 Å². The van der Waals surface area contributed by atoms with Gasteiger partial charge in [0, 0.05) is 72.3 Å². The number of nitrogens with zero attached hydrogens (tertiary/aromatic N) is 6. The Bertz CT molecular complexity index is 3880. The molecule has 0 saturated carbocycles. The normalized spacial score (nSPS) is 18.8. The number of aromatic nitrogens is 5. The molecule has 4 heterocycles. The highest BCUT2D eigenvalue weighted by Crippen LogP contribution is 2.59. The third-order valence-corrected chi connectivity index (χ3v) is 15.7. The van der Waals surface area contributed by atoms with E-state index in [4.69, 9.17) is 15.0 Å². The van der Waals surface area contributed by atoms with Gasteiger partial charge < -0.3 is 14.0 Å². The molecule has 3 unspecified atom stereocenters. The molecular weight excluding hydrogens is 877 g/mol. The second-order valence-corrected chi connectivity index (χ2v) is 20.2. The third kappa shape index (κ3) is 6.66. The summed E-state index contributed by atoms with van der Waals surface area (Å²) in [5, 5.41) is 3.83. The summed E-state index contributed by atoms with van der Waals surface area (Å²) in [4.78, 5) is 18.1. The largest absolute Gasteiger partial charge is 0.332 e. The number of benzene rings is 7. The lowest BCUT2D eigenvalue weighted by molar-refractivity contribution is 0.348. The monoisotopic (exact) mass is 928 g/mol. The van der Waals surface area contributed by atoms with Gasteiger partial charge in [0.15, 0.2) is 17.5 Å². The number of fused-ring (bicyclic) bond motifs is 10. The van der Waals surface area contributed by atoms with Crippen LogP contribution in [0.2, 0.25) is 0 Å². The second kappa shape index (κ2) is 16.8. The van der Waals surface area contributed by atoms with E-state index in [0.717, 1.165) is 41.6 Å². The Morgan fingerprint density at radius 3 is 1.89 bits per heavy atom. The van der Waals surface area contributed by atoms with Crippen molar-refractivity contribution >= 4 is 50.0 Å². The summed E-state index contributed by atoms with van der Waals surface area (Å²) in [5.41, 5.74) is 16.4. The van der Waals surface area contributed by atoms with Crippen molar-refractivity contribution in [3.05, 3.63) is 247 Å². The lowest BCUT2D eigenvalue weighted by Gasteiger charge is -2.53. The van der Waals surface area contributed by atoms with Crippen molar-refractivity contribution in [1.29, 1.82) is 0 Å². The summed E-state index contributed by atoms with van der Waals surface area (Å²) in [6.45, 7) is 5.01. The van der Waals surface area contributed by atoms with Crippen molar-refractivity contribution in [2.75, 3.05) is 4.90 Å². The van der Waals surface area contributed by atoms with Crippen LogP contribution in [0, 0.1) is 0 Å². The van der Waals surface area contributed by atoms with Gasteiger partial charge in [-0.2, -0.15) is 0 Å². The summed E-state index contributed by atoms with van der Waals surface area (Å²) in [6.07, 6.45) is 22.3. The van der Waals surface area contributed by atoms with Crippen molar-refractivity contribution in [1.82, 2.24) is 24.1 Å². The first kappa shape index (κ1) is 42.3. The summed E-state index contributed by atoms with van der Waals surface area (Å²) >= 11 is 0. The van der Waals surface area contributed by atoms with Crippen LogP contribution in [0.3, 0.4) is 0 Å². The zero-order chi connectivity index (χ0) is 47.9. The molecule has 3 aromatic heterocycles. The molecule has 4 aliphatic rings. The Kier molecular flexibility index (Phi) is 9.85. The second-order valence-electron chi connectivity index (χ2n) is 20.2. The predicted octanol–water partition coefficient (Wildman–Crippen LogP) is 16.0. The average Bonchev–Trinajstić information content (AvgIpc) is 3.97. The maximum Gasteiger partial charge on any atom is 0.164 e. The van der Waals surface area contributed by atoms with E-state index in [1.54, 1.807) is 0 Å². The highest BCUT2D eigenvalue weighted by molar-refractivity contribution is 6.14. The van der Waals surface area contributed by atoms with Gasteiger partial charge in [-0.25, -0.2) is 15.0 Å². The molecule has 0 N–H and O–H groups in total. The Morgan fingerprint density at radius 1 is 0.542 bits per heavy atom. The van der Waals surface area contributed by atoms with E-state index >= 15 is 0 Å². The maximum atomic E-state index is 5.18. The van der Waals surface area contributed by atoms with E-state index in [2.05, 4.69) is 216 Å². The van der Waals surface area contributed by atoms with Gasteiger partial charge in [-0.15, -0.1) is 0 Å². The first-order valence-corrected chi connectivity index (χ1v) is 25.4. The number of allylic oxidation sites excluding steroid dienone is 7. The van der Waals surface area contributed by atoms with Gasteiger partial charge in [-0.1, -0.05) is 208 Å². The number of para-hydroxylation sites is 2. The minimum Gasteiger partial charge on any atom is -0.332 e. The molecule has 346 valence electrons. The molecule has 3 aliphatic carbocycles. The molecule has 0 fully saturated rings. The smallest absolute Gasteiger partial charge is 0.164 e. The first-order valence-electron chi connectivity index (χ1n) is 25.4. The molecule has 3 atom stereocenters. The summed E-state index contributed by atoms with van der Waals surface area (Å²) in [5.74, 6) is 1.99. The Hall–Kier alpha value is -8.61. The van der Waals surface area contributed by atoms with Gasteiger partial charge in [0.2, 0.25) is 0 Å². The molecule has 0 saturated heterocycles. The summed E-state index contributed by atoms with van der Waals surface area (Å²) in [6, 6.07) is 63.2. The topological polar surface area (TPSA) is 51.8 Å². The molecule has 7 aromatic carbocycles. The lowest BCUT2D eigenvalue weighted by atomic mass is 9.62. The maximum absolute atomic E-state index is 5.18. The molecule has 10 aromatic rings. The van der Waals surface area contributed by atoms with Crippen LogP contribution in [0.25, 0.3) is 84.2 Å². The van der Waals surface area contributed by atoms with E-state index in [-0.39, 0.29) is 23.4 Å². The Balaban J connectivity index is 0.988. The van der Waals surface area contributed by atoms with E-state index in [9.17, 15) is 0 Å². The van der Waals surface area contributed by atoms with Crippen LogP contribution in [0.4, 0.5) is 5.69 Å². The molecule has 14 rings (SSSR count). The summed E-state index contributed by atoms with van der Waals surface area (Å²) < 4.78 is 5.24. The number of anilines is 1. The minimum absolute atomic E-state index is 0.00405. The molecule has 0 amide bonds. The molecular formula is C66H52N6. The number of hydrogen-bond donors (Lipinski definition) is 0. The Labute approximate surface area is 420 Å². The Morgan fingerprint density at radius 2 is 1.18 bits per heavy atom. The predicted molar refractivity (Wildman–Crippen MR) is 297 cm³/mol. The highest BCUT2D eigenvalue weighted by atomic mass is 15.2. The van der Waals surface area contributed by atoms with Gasteiger partial charge in [-0.3, -0.25) is 0 Å². The van der Waals surface area contributed by atoms with Gasteiger partial charge in [0.05, 0.1) is 28.8 Å². The van der Waals surface area contributed by atoms with E-state index in [1.165, 1.54) is 72.1 Å². The van der Waals surface area contributed by atoms with Crippen molar-refractivity contribution in [2.24, 2.45) is 0 Å². The van der Waals surface area contributed by atoms with Crippen molar-refractivity contribution in [2.45, 2.75) is 56.5 Å². The van der Waals surface area contributed by atoms with Gasteiger partial charge >= 0.3 is 0 Å². The van der Waals surface area contributed by atoms with Crippen LogP contribution in [0.1, 0.15) is 67.5 Å². The average molecular weight is 929 g/mol. The molecule has 72 heavy (non-hydrogen) atoms.